The van der Waals surface area contributed by atoms with Gasteiger partial charge in [0.1, 0.15) is 0 Å². The summed E-state index contributed by atoms with van der Waals surface area (Å²) < 4.78 is 9.47. The zero-order valence-corrected chi connectivity index (χ0v) is 13.2. The minimum absolute atomic E-state index is 0.00463. The first-order chi connectivity index (χ1) is 9.02. The van der Waals surface area contributed by atoms with Gasteiger partial charge in [0.15, 0.2) is 0 Å². The van der Waals surface area contributed by atoms with E-state index in [1.54, 1.807) is 13.8 Å². The fourth-order valence-electron chi connectivity index (χ4n) is 1.27. The van der Waals surface area contributed by atoms with E-state index in [2.05, 4.69) is 4.74 Å². The second-order valence-electron chi connectivity index (χ2n) is 4.02. The quantitative estimate of drug-likeness (QED) is 0.724. The van der Waals surface area contributed by atoms with Gasteiger partial charge in [-0.05, 0) is 0 Å². The van der Waals surface area contributed by atoms with E-state index in [1.165, 1.54) is 7.11 Å². The zero-order chi connectivity index (χ0) is 15.3. The second kappa shape index (κ2) is 13.3. The van der Waals surface area contributed by atoms with Gasteiger partial charge in [-0.25, -0.2) is 0 Å². The highest BCUT2D eigenvalue weighted by molar-refractivity contribution is 5.75. The van der Waals surface area contributed by atoms with E-state index in [1.807, 2.05) is 25.7 Å². The van der Waals surface area contributed by atoms with E-state index in [0.29, 0.717) is 19.6 Å². The SMILES string of the molecule is CC.CCC(=O)N1CCOCC1.COC(=O)C(C)C. The van der Waals surface area contributed by atoms with Crippen LogP contribution in [0.1, 0.15) is 41.0 Å². The molecule has 19 heavy (non-hydrogen) atoms. The zero-order valence-electron chi connectivity index (χ0n) is 13.2. The molecule has 1 rings (SSSR count). The van der Waals surface area contributed by atoms with E-state index in [9.17, 15) is 9.59 Å². The predicted octanol–water partition coefficient (Wildman–Crippen LogP) is 2.10. The molecule has 1 heterocycles. The van der Waals surface area contributed by atoms with Crippen molar-refractivity contribution in [1.29, 1.82) is 0 Å². The first-order valence-corrected chi connectivity index (χ1v) is 6.96. The molecule has 0 spiro atoms. The van der Waals surface area contributed by atoms with E-state index < -0.39 is 0 Å². The van der Waals surface area contributed by atoms with Crippen molar-refractivity contribution in [2.75, 3.05) is 33.4 Å². The van der Waals surface area contributed by atoms with Crippen molar-refractivity contribution >= 4 is 11.9 Å². The van der Waals surface area contributed by atoms with Crippen LogP contribution in [0.5, 0.6) is 0 Å². The summed E-state index contributed by atoms with van der Waals surface area (Å²) in [5.74, 6) is 0.0910. The highest BCUT2D eigenvalue weighted by Crippen LogP contribution is 1.98. The summed E-state index contributed by atoms with van der Waals surface area (Å²) in [7, 11) is 1.39. The van der Waals surface area contributed by atoms with E-state index in [0.717, 1.165) is 13.1 Å². The number of morpholine rings is 1. The second-order valence-corrected chi connectivity index (χ2v) is 4.02. The standard InChI is InChI=1S/C7H13NO2.C5H10O2.C2H6/c1-2-7(9)8-3-5-10-6-4-8;1-4(2)5(6)7-3;1-2/h2-6H2,1H3;4H,1-3H3;1-2H3. The average molecular weight is 275 g/mol. The van der Waals surface area contributed by atoms with E-state index in [-0.39, 0.29) is 17.8 Å². The lowest BCUT2D eigenvalue weighted by Crippen LogP contribution is -2.40. The van der Waals surface area contributed by atoms with Crippen LogP contribution in [0, 0.1) is 5.92 Å². The highest BCUT2D eigenvalue weighted by Gasteiger charge is 2.13. The molecular weight excluding hydrogens is 246 g/mol. The number of ether oxygens (including phenoxy) is 2. The van der Waals surface area contributed by atoms with Crippen LogP contribution in [-0.2, 0) is 19.1 Å². The first-order valence-electron chi connectivity index (χ1n) is 6.96. The summed E-state index contributed by atoms with van der Waals surface area (Å²) in [5, 5.41) is 0. The van der Waals surface area contributed by atoms with Crippen molar-refractivity contribution in [3.05, 3.63) is 0 Å². The van der Waals surface area contributed by atoms with Crippen LogP contribution in [0.25, 0.3) is 0 Å². The topological polar surface area (TPSA) is 55.8 Å². The molecule has 0 aliphatic carbocycles. The molecule has 0 bridgehead atoms. The number of carbonyl (C=O) groups is 2. The van der Waals surface area contributed by atoms with Crippen molar-refractivity contribution < 1.29 is 19.1 Å². The number of esters is 1. The fraction of sp³-hybridized carbons (Fsp3) is 0.857. The van der Waals surface area contributed by atoms with Crippen LogP contribution in [0.4, 0.5) is 0 Å². The molecule has 0 saturated carbocycles. The molecule has 5 nitrogen and oxygen atoms in total. The third kappa shape index (κ3) is 10.5. The Morgan fingerprint density at radius 3 is 1.95 bits per heavy atom. The Kier molecular flexibility index (Phi) is 14.2. The minimum Gasteiger partial charge on any atom is -0.469 e. The number of hydrogen-bond acceptors (Lipinski definition) is 4. The van der Waals surface area contributed by atoms with Crippen molar-refractivity contribution in [2.24, 2.45) is 5.92 Å². The summed E-state index contributed by atoms with van der Waals surface area (Å²) in [4.78, 5) is 23.2. The molecule has 0 aromatic carbocycles. The maximum Gasteiger partial charge on any atom is 0.308 e. The van der Waals surface area contributed by atoms with Crippen LogP contribution in [-0.4, -0.2) is 50.2 Å². The third-order valence-electron chi connectivity index (χ3n) is 2.34. The molecule has 114 valence electrons. The predicted molar refractivity (Wildman–Crippen MR) is 75.9 cm³/mol. The van der Waals surface area contributed by atoms with Gasteiger partial charge in [-0.3, -0.25) is 9.59 Å². The Labute approximate surface area is 117 Å². The smallest absolute Gasteiger partial charge is 0.308 e. The number of amides is 1. The molecule has 1 fully saturated rings. The van der Waals surface area contributed by atoms with Crippen molar-refractivity contribution in [1.82, 2.24) is 4.90 Å². The van der Waals surface area contributed by atoms with Crippen molar-refractivity contribution in [3.8, 4) is 0 Å². The lowest BCUT2D eigenvalue weighted by molar-refractivity contribution is -0.144. The number of hydrogen-bond donors (Lipinski definition) is 0. The molecule has 5 heteroatoms. The Morgan fingerprint density at radius 1 is 1.21 bits per heavy atom. The minimum atomic E-state index is -0.153. The Balaban J connectivity index is 0. The molecule has 1 aliphatic heterocycles. The fourth-order valence-corrected chi connectivity index (χ4v) is 1.27. The monoisotopic (exact) mass is 275 g/mol. The first kappa shape index (κ1) is 20.2. The van der Waals surface area contributed by atoms with Gasteiger partial charge in [-0.15, -0.1) is 0 Å². The van der Waals surface area contributed by atoms with E-state index >= 15 is 0 Å². The van der Waals surface area contributed by atoms with Gasteiger partial charge in [0, 0.05) is 19.5 Å². The van der Waals surface area contributed by atoms with Gasteiger partial charge in [-0.1, -0.05) is 34.6 Å². The molecule has 0 unspecified atom stereocenters. The summed E-state index contributed by atoms with van der Waals surface area (Å²) in [5.41, 5.74) is 0. The third-order valence-corrected chi connectivity index (χ3v) is 2.34. The molecule has 0 aromatic heterocycles. The van der Waals surface area contributed by atoms with Crippen LogP contribution < -0.4 is 0 Å². The number of rotatable bonds is 2. The lowest BCUT2D eigenvalue weighted by Gasteiger charge is -2.26. The molecule has 1 saturated heterocycles. The van der Waals surface area contributed by atoms with Crippen LogP contribution in [0.2, 0.25) is 0 Å². The number of carbonyl (C=O) groups excluding carboxylic acids is 2. The van der Waals surface area contributed by atoms with Gasteiger partial charge < -0.3 is 14.4 Å². The highest BCUT2D eigenvalue weighted by atomic mass is 16.5. The molecular formula is C14H29NO4. The molecule has 0 radical (unpaired) electrons. The molecule has 0 N–H and O–H groups in total. The average Bonchev–Trinajstić information content (AvgIpc) is 2.49. The number of methoxy groups -OCH3 is 1. The Bertz CT molecular complexity index is 236. The van der Waals surface area contributed by atoms with Gasteiger partial charge >= 0.3 is 5.97 Å². The van der Waals surface area contributed by atoms with Gasteiger partial charge in [0.05, 0.1) is 26.2 Å². The van der Waals surface area contributed by atoms with Crippen LogP contribution in [0.15, 0.2) is 0 Å². The molecule has 1 aliphatic rings. The summed E-state index contributed by atoms with van der Waals surface area (Å²) in [6.07, 6.45) is 0.611. The molecule has 0 aromatic rings. The summed E-state index contributed by atoms with van der Waals surface area (Å²) in [6.45, 7) is 12.4. The Hall–Kier alpha value is -1.10. The maximum atomic E-state index is 11.0. The van der Waals surface area contributed by atoms with Crippen LogP contribution in [0.3, 0.4) is 0 Å². The summed E-state index contributed by atoms with van der Waals surface area (Å²) in [6, 6.07) is 0. The Morgan fingerprint density at radius 2 is 1.68 bits per heavy atom. The lowest BCUT2D eigenvalue weighted by atomic mass is 10.2. The number of nitrogens with zero attached hydrogens (tertiary/aromatic N) is 1. The normalized spacial score (nSPS) is 13.7. The van der Waals surface area contributed by atoms with Gasteiger partial charge in [0.2, 0.25) is 5.91 Å². The van der Waals surface area contributed by atoms with Crippen molar-refractivity contribution in [3.63, 3.8) is 0 Å². The van der Waals surface area contributed by atoms with E-state index in [4.69, 9.17) is 4.74 Å². The maximum absolute atomic E-state index is 11.0. The van der Waals surface area contributed by atoms with Crippen molar-refractivity contribution in [2.45, 2.75) is 41.0 Å². The van der Waals surface area contributed by atoms with Gasteiger partial charge in [0.25, 0.3) is 0 Å². The largest absolute Gasteiger partial charge is 0.469 e. The van der Waals surface area contributed by atoms with Gasteiger partial charge in [-0.2, -0.15) is 0 Å². The molecule has 1 amide bonds. The summed E-state index contributed by atoms with van der Waals surface area (Å²) >= 11 is 0. The molecule has 0 atom stereocenters. The van der Waals surface area contributed by atoms with Crippen LogP contribution >= 0.6 is 0 Å².